The summed E-state index contributed by atoms with van der Waals surface area (Å²) in [5.41, 5.74) is 36.1. The number of rotatable bonds is 18. The quantitative estimate of drug-likeness (QED) is 0.0125. The Labute approximate surface area is 799 Å². The van der Waals surface area contributed by atoms with Crippen LogP contribution in [0.3, 0.4) is 0 Å². The van der Waals surface area contributed by atoms with Crippen molar-refractivity contribution in [3.63, 3.8) is 0 Å². The first-order valence-corrected chi connectivity index (χ1v) is 42.9. The Hall–Kier alpha value is -7.73. The molecular formula is C77H74Br11N13O14S4. The van der Waals surface area contributed by atoms with Crippen molar-refractivity contribution in [2.24, 2.45) is 44.8 Å². The van der Waals surface area contributed by atoms with Crippen molar-refractivity contribution in [1.82, 2.24) is 26.8 Å². The summed E-state index contributed by atoms with van der Waals surface area (Å²) < 4.78 is 40.4. The van der Waals surface area contributed by atoms with Gasteiger partial charge in [0.25, 0.3) is 5.91 Å². The third-order valence-electron chi connectivity index (χ3n) is 13.9. The minimum absolute atomic E-state index is 0.0101. The van der Waals surface area contributed by atoms with Gasteiger partial charge in [-0.3, -0.25) is 30.1 Å². The number of aromatic hydroxyl groups is 4. The van der Waals surface area contributed by atoms with Crippen molar-refractivity contribution in [2.45, 2.75) is 0 Å². The molecule has 0 fully saturated rings. The fraction of sp³-hybridized carbons (Fsp3) is 0.104. The molecule has 10 rings (SSSR count). The molecular weight excluding hydrogens is 2340 g/mol. The van der Waals surface area contributed by atoms with Crippen LogP contribution in [0.5, 0.6) is 57.5 Å². The van der Waals surface area contributed by atoms with E-state index in [0.29, 0.717) is 62.2 Å². The van der Waals surface area contributed by atoms with E-state index in [2.05, 4.69) is 232 Å². The third-order valence-corrected chi connectivity index (χ3v) is 19.4. The molecule has 10 aromatic rings. The van der Waals surface area contributed by atoms with Gasteiger partial charge in [-0.25, -0.2) is 16.7 Å². The van der Waals surface area contributed by atoms with Crippen molar-refractivity contribution < 1.29 is 68.1 Å². The number of hydrogen-bond donors (Lipinski definition) is 14. The molecule has 0 radical (unpaired) electrons. The molecule has 0 aliphatic heterocycles. The number of ketones is 2. The zero-order chi connectivity index (χ0) is 89.5. The summed E-state index contributed by atoms with van der Waals surface area (Å²) in [7, 11) is 12.6. The Bertz CT molecular complexity index is 4960. The van der Waals surface area contributed by atoms with E-state index in [9.17, 15) is 34.8 Å². The highest BCUT2D eigenvalue weighted by Gasteiger charge is 2.19. The lowest BCUT2D eigenvalue weighted by Crippen LogP contribution is -2.34. The highest BCUT2D eigenvalue weighted by molar-refractivity contribution is 9.12. The van der Waals surface area contributed by atoms with Crippen LogP contribution in [0.15, 0.2) is 241 Å². The number of thiocarbonyl (C=S) groups is 4. The van der Waals surface area contributed by atoms with Crippen LogP contribution in [0.1, 0.15) is 64.5 Å². The second-order valence-electron chi connectivity index (χ2n) is 22.5. The van der Waals surface area contributed by atoms with E-state index in [0.717, 1.165) is 77.4 Å². The number of phenols is 4. The number of ether oxygens (including phenoxy) is 6. The zero-order valence-corrected chi connectivity index (χ0v) is 84.0. The van der Waals surface area contributed by atoms with E-state index in [4.69, 9.17) is 80.6 Å². The number of benzene rings is 10. The molecule has 0 aliphatic rings. The molecule has 0 saturated heterocycles. The Morgan fingerprint density at radius 2 is 0.496 bits per heavy atom. The molecule has 0 aliphatic carbocycles. The molecule has 0 aromatic heterocycles. The molecule has 0 heterocycles. The predicted octanol–water partition coefficient (Wildman–Crippen LogP) is 18.0. The lowest BCUT2D eigenvalue weighted by Gasteiger charge is -2.13. The molecule has 632 valence electrons. The number of amides is 1. The zero-order valence-electron chi connectivity index (χ0n) is 63.3. The number of carbonyl (C=O) groups is 3. The summed E-state index contributed by atoms with van der Waals surface area (Å²) in [6, 6.07) is 51.5. The molecule has 0 saturated carbocycles. The van der Waals surface area contributed by atoms with Gasteiger partial charge in [0, 0.05) is 137 Å². The number of hydrazine groups is 2. The molecule has 0 spiro atoms. The highest BCUT2D eigenvalue weighted by Crippen LogP contribution is 2.33. The molecule has 27 nitrogen and oxygen atoms in total. The normalized spacial score (nSPS) is 10.2. The molecule has 0 unspecified atom stereocenters. The standard InChI is InChI=1S/C16H15Br2N3O2S.C15H12Br2O3.C14H11Br2N3O2S.C13H8Br2O3.C9H9Br2NO2.C8H9BrO2.2CH5N3S/c1-22-13-5-10(6-14(8-13)23-2)15(20-21-16(19)24)9-3-11(17)7-12(18)4-9;1-19-13-5-10(6-14(8-13)20-2)15(18)9-3-11(16)7-12(17)4-9;15-9-1-7(2-10(16)5-9)13(18-19-14(17)22)8-3-11(20)6-12(21)4-8;14-9-1-7(2-10(15)5-9)13(18)8-3-11(16)6-12(17)4-8;1-12(14-2)9(13)6-3-7(10)5-8(11)4-6;1-10-7-3-6(9)4-8(5-7)11-2;2*2-1(5)4-3/h3-8H,1-2H3,(H3,19,21,24);3-8H,1-2H3;1-6,20-21H,(H3,17,19,22);1-6,16-17H;3-5H,1-2H3;3-5H,1-2H3;2*3H2,(H3,2,4,5). The van der Waals surface area contributed by atoms with Crippen LogP contribution < -0.4 is 84.7 Å². The van der Waals surface area contributed by atoms with Gasteiger partial charge >= 0.3 is 0 Å². The summed E-state index contributed by atoms with van der Waals surface area (Å²) in [4.78, 5) is 41.2. The number of hydrazone groups is 2. The van der Waals surface area contributed by atoms with Crippen LogP contribution in [-0.2, 0) is 4.84 Å². The number of phenolic OH excluding ortho intramolecular Hbond substituents is 4. The van der Waals surface area contributed by atoms with Crippen LogP contribution in [0.4, 0.5) is 0 Å². The van der Waals surface area contributed by atoms with E-state index in [1.165, 1.54) is 48.6 Å². The number of carbonyl (C=O) groups excluding carboxylic acids is 3. The average Bonchev–Trinajstić information content (AvgIpc) is 0.460. The van der Waals surface area contributed by atoms with Gasteiger partial charge in [-0.05, 0) is 201 Å². The van der Waals surface area contributed by atoms with Crippen molar-refractivity contribution in [3.8, 4) is 57.5 Å². The summed E-state index contributed by atoms with van der Waals surface area (Å²) in [5, 5.41) is 48.1. The van der Waals surface area contributed by atoms with Crippen LogP contribution in [0, 0.1) is 0 Å². The largest absolute Gasteiger partial charge is 0.508 e. The van der Waals surface area contributed by atoms with Gasteiger partial charge in [0.2, 0.25) is 0 Å². The molecule has 42 heteroatoms. The number of methoxy groups -OCH3 is 6. The van der Waals surface area contributed by atoms with Gasteiger partial charge < -0.3 is 82.6 Å². The van der Waals surface area contributed by atoms with E-state index >= 15 is 0 Å². The number of hydroxylamine groups is 2. The van der Waals surface area contributed by atoms with E-state index in [1.54, 1.807) is 110 Å². The summed E-state index contributed by atoms with van der Waals surface area (Å²) >= 11 is 55.2. The smallest absolute Gasteiger partial charge is 0.277 e. The number of halogens is 11. The minimum Gasteiger partial charge on any atom is -0.508 e. The van der Waals surface area contributed by atoms with Crippen molar-refractivity contribution in [3.05, 3.63) is 281 Å². The summed E-state index contributed by atoms with van der Waals surface area (Å²) in [6.07, 6.45) is 0. The van der Waals surface area contributed by atoms with Gasteiger partial charge in [0.1, 0.15) is 57.5 Å². The van der Waals surface area contributed by atoms with Crippen molar-refractivity contribution >= 4 is 273 Å². The number of hydrogen-bond acceptors (Lipinski definition) is 22. The Balaban J connectivity index is 0.000000365. The summed E-state index contributed by atoms with van der Waals surface area (Å²) in [6.45, 7) is 0. The molecule has 1 amide bonds. The predicted molar refractivity (Wildman–Crippen MR) is 520 cm³/mol. The van der Waals surface area contributed by atoms with Crippen molar-refractivity contribution in [1.29, 1.82) is 0 Å². The van der Waals surface area contributed by atoms with E-state index in [-0.39, 0.29) is 66.5 Å². The number of nitrogens with one attached hydrogen (secondary N) is 4. The first-order valence-electron chi connectivity index (χ1n) is 32.5. The fourth-order valence-electron chi connectivity index (χ4n) is 8.95. The molecule has 0 atom stereocenters. The maximum absolute atomic E-state index is 12.5. The summed E-state index contributed by atoms with van der Waals surface area (Å²) in [5.74, 6) is 12.4. The first-order chi connectivity index (χ1) is 56.1. The number of nitrogens with zero attached hydrogens (tertiary/aromatic N) is 3. The maximum Gasteiger partial charge on any atom is 0.277 e. The first kappa shape index (κ1) is 105. The van der Waals surface area contributed by atoms with Gasteiger partial charge in [-0.1, -0.05) is 175 Å². The molecule has 0 bridgehead atoms. The second kappa shape index (κ2) is 54.6. The Kier molecular flexibility index (Phi) is 48.4. The molecule has 119 heavy (non-hydrogen) atoms. The van der Waals surface area contributed by atoms with Gasteiger partial charge in [-0.15, -0.1) is 0 Å². The SMILES string of the molecule is CON(C)C(=O)c1cc(Br)cc(Br)c1.COc1cc(Br)cc(OC)c1.COc1cc(OC)cc(C(=NNC(N)=S)c2cc(Br)cc(Br)c2)c1.COc1cc(OC)cc(C(=O)c2cc(Br)cc(Br)c2)c1.NC(=S)NN=C(c1cc(O)cc(O)c1)c1cc(Br)cc(Br)c1.NNC(N)=S.NNC(N)=S.O=C(c1cc(O)cc(O)c1)c1cc(Br)cc(Br)c1. The van der Waals surface area contributed by atoms with E-state index in [1.807, 2.05) is 95.8 Å². The van der Waals surface area contributed by atoms with Gasteiger partial charge in [0.15, 0.2) is 32.0 Å². The van der Waals surface area contributed by atoms with Gasteiger partial charge in [-0.2, -0.15) is 10.2 Å². The Morgan fingerprint density at radius 3 is 0.739 bits per heavy atom. The van der Waals surface area contributed by atoms with Crippen LogP contribution in [-0.4, -0.2) is 132 Å². The average molecular weight is 2410 g/mol. The highest BCUT2D eigenvalue weighted by atomic mass is 79.9. The molecule has 10 aromatic carbocycles. The van der Waals surface area contributed by atoms with Crippen LogP contribution in [0.25, 0.3) is 0 Å². The minimum atomic E-state index is -0.275. The fourth-order valence-corrected chi connectivity index (χ4v) is 16.0. The van der Waals surface area contributed by atoms with Crippen LogP contribution in [0.2, 0.25) is 0 Å². The Morgan fingerprint density at radius 1 is 0.303 bits per heavy atom. The maximum atomic E-state index is 12.5. The monoisotopic (exact) mass is 2400 g/mol. The van der Waals surface area contributed by atoms with Gasteiger partial charge in [0.05, 0.1) is 61.2 Å². The lowest BCUT2D eigenvalue weighted by atomic mass is 10.0. The van der Waals surface area contributed by atoms with Crippen molar-refractivity contribution in [2.75, 3.05) is 56.8 Å². The van der Waals surface area contributed by atoms with E-state index < -0.39 is 0 Å². The third kappa shape index (κ3) is 39.8. The molecule has 20 N–H and O–H groups in total. The second-order valence-corrected chi connectivity index (χ2v) is 34.4. The topological polar surface area (TPSA) is 429 Å². The number of nitrogens with two attached hydrogens (primary N) is 6. The lowest BCUT2D eigenvalue weighted by molar-refractivity contribution is -0.0757. The van der Waals surface area contributed by atoms with Crippen LogP contribution >= 0.6 is 224 Å².